The zero-order chi connectivity index (χ0) is 10.0. The van der Waals surface area contributed by atoms with Crippen LogP contribution in [0.4, 0.5) is 0 Å². The minimum atomic E-state index is 0.00536. The highest BCUT2D eigenvalue weighted by Gasteiger charge is 2.38. The lowest BCUT2D eigenvalue weighted by molar-refractivity contribution is -0.0738. The lowest BCUT2D eigenvalue weighted by atomic mass is 9.77. The van der Waals surface area contributed by atoms with Crippen molar-refractivity contribution in [2.45, 2.75) is 37.8 Å². The molecule has 0 saturated heterocycles. The van der Waals surface area contributed by atoms with E-state index in [1.165, 1.54) is 6.42 Å². The number of nitrogens with zero attached hydrogens (tertiary/aromatic N) is 1. The van der Waals surface area contributed by atoms with Gasteiger partial charge in [-0.15, -0.1) is 0 Å². The Hall–Kier alpha value is -0.870. The first-order valence-corrected chi connectivity index (χ1v) is 4.97. The molecule has 0 aliphatic heterocycles. The smallest absolute Gasteiger partial charge is 0.208 e. The normalized spacial score (nSPS) is 19.3. The third-order valence-electron chi connectivity index (χ3n) is 2.97. The first-order valence-electron chi connectivity index (χ1n) is 4.97. The number of oxazole rings is 1. The average molecular weight is 196 g/mol. The van der Waals surface area contributed by atoms with Crippen LogP contribution in [0.5, 0.6) is 0 Å². The van der Waals surface area contributed by atoms with Gasteiger partial charge in [-0.3, -0.25) is 0 Å². The summed E-state index contributed by atoms with van der Waals surface area (Å²) in [7, 11) is 1.76. The van der Waals surface area contributed by atoms with Gasteiger partial charge in [0, 0.05) is 13.5 Å². The average Bonchev–Trinajstić information content (AvgIpc) is 2.59. The van der Waals surface area contributed by atoms with Gasteiger partial charge in [0.05, 0.1) is 18.3 Å². The number of nitrogens with two attached hydrogens (primary N) is 1. The number of ether oxygens (including phenoxy) is 1. The minimum absolute atomic E-state index is 0.00536. The number of methoxy groups -OCH3 is 1. The summed E-state index contributed by atoms with van der Waals surface area (Å²) < 4.78 is 11.0. The fourth-order valence-electron chi connectivity index (χ4n) is 1.87. The molecule has 1 saturated carbocycles. The van der Waals surface area contributed by atoms with E-state index in [4.69, 9.17) is 14.9 Å². The van der Waals surface area contributed by atoms with Crippen molar-refractivity contribution in [1.29, 1.82) is 0 Å². The number of hydrogen-bond donors (Lipinski definition) is 1. The second-order valence-electron chi connectivity index (χ2n) is 3.84. The summed E-state index contributed by atoms with van der Waals surface area (Å²) in [4.78, 5) is 4.06. The molecule has 1 aromatic heterocycles. The Labute approximate surface area is 83.4 Å². The largest absolute Gasteiger partial charge is 0.444 e. The van der Waals surface area contributed by atoms with Crippen molar-refractivity contribution in [3.05, 3.63) is 17.8 Å². The van der Waals surface area contributed by atoms with Gasteiger partial charge in [0.15, 0.2) is 0 Å². The Morgan fingerprint density at radius 2 is 2.43 bits per heavy atom. The van der Waals surface area contributed by atoms with Crippen LogP contribution in [0.25, 0.3) is 0 Å². The summed E-state index contributed by atoms with van der Waals surface area (Å²) in [5, 5.41) is 0. The van der Waals surface area contributed by atoms with E-state index in [1.54, 1.807) is 13.3 Å². The van der Waals surface area contributed by atoms with E-state index in [2.05, 4.69) is 4.98 Å². The van der Waals surface area contributed by atoms with Gasteiger partial charge in [-0.1, -0.05) is 0 Å². The standard InChI is InChI=1S/C10H16N2O2/c1-13-10(3-2-4-10)5-8-7-12-9(6-11)14-8/h7H,2-6,11H2,1H3. The van der Waals surface area contributed by atoms with E-state index in [9.17, 15) is 0 Å². The molecule has 1 aliphatic carbocycles. The molecule has 0 radical (unpaired) electrons. The Balaban J connectivity index is 2.02. The van der Waals surface area contributed by atoms with Gasteiger partial charge in [-0.05, 0) is 19.3 Å². The van der Waals surface area contributed by atoms with E-state index in [1.807, 2.05) is 0 Å². The molecule has 0 bridgehead atoms. The zero-order valence-corrected chi connectivity index (χ0v) is 8.45. The number of rotatable bonds is 4. The molecule has 2 N–H and O–H groups in total. The number of hydrogen-bond acceptors (Lipinski definition) is 4. The molecule has 0 spiro atoms. The molecular weight excluding hydrogens is 180 g/mol. The molecule has 14 heavy (non-hydrogen) atoms. The van der Waals surface area contributed by atoms with E-state index in [-0.39, 0.29) is 5.60 Å². The van der Waals surface area contributed by atoms with Crippen LogP contribution < -0.4 is 5.73 Å². The fraction of sp³-hybridized carbons (Fsp3) is 0.700. The zero-order valence-electron chi connectivity index (χ0n) is 8.45. The summed E-state index contributed by atoms with van der Waals surface area (Å²) in [6.45, 7) is 0.361. The summed E-state index contributed by atoms with van der Waals surface area (Å²) in [6, 6.07) is 0. The lowest BCUT2D eigenvalue weighted by Crippen LogP contribution is -2.41. The van der Waals surface area contributed by atoms with Crippen LogP contribution in [-0.2, 0) is 17.7 Å². The van der Waals surface area contributed by atoms with Crippen LogP contribution >= 0.6 is 0 Å². The lowest BCUT2D eigenvalue weighted by Gasteiger charge is -2.39. The summed E-state index contributed by atoms with van der Waals surface area (Å²) in [5.74, 6) is 1.48. The number of aromatic nitrogens is 1. The maximum Gasteiger partial charge on any atom is 0.208 e. The molecular formula is C10H16N2O2. The molecule has 1 aliphatic rings. The quantitative estimate of drug-likeness (QED) is 0.787. The molecule has 78 valence electrons. The third-order valence-corrected chi connectivity index (χ3v) is 2.97. The molecule has 1 heterocycles. The molecule has 0 atom stereocenters. The summed E-state index contributed by atoms with van der Waals surface area (Å²) >= 11 is 0. The summed E-state index contributed by atoms with van der Waals surface area (Å²) in [6.07, 6.45) is 6.04. The molecule has 4 nitrogen and oxygen atoms in total. The third kappa shape index (κ3) is 1.67. The van der Waals surface area contributed by atoms with Crippen molar-refractivity contribution in [3.8, 4) is 0 Å². The van der Waals surface area contributed by atoms with Crippen molar-refractivity contribution in [2.75, 3.05) is 7.11 Å². The highest BCUT2D eigenvalue weighted by Crippen LogP contribution is 2.37. The Morgan fingerprint density at radius 1 is 1.64 bits per heavy atom. The van der Waals surface area contributed by atoms with E-state index in [0.717, 1.165) is 25.0 Å². The van der Waals surface area contributed by atoms with Crippen molar-refractivity contribution >= 4 is 0 Å². The Morgan fingerprint density at radius 3 is 2.86 bits per heavy atom. The Bertz CT molecular complexity index is 299. The van der Waals surface area contributed by atoms with E-state index < -0.39 is 0 Å². The van der Waals surface area contributed by atoms with Crippen molar-refractivity contribution < 1.29 is 9.15 Å². The van der Waals surface area contributed by atoms with Gasteiger partial charge >= 0.3 is 0 Å². The molecule has 1 fully saturated rings. The maximum absolute atomic E-state index is 5.50. The molecule has 2 rings (SSSR count). The van der Waals surface area contributed by atoms with Gasteiger partial charge in [-0.25, -0.2) is 4.98 Å². The highest BCUT2D eigenvalue weighted by atomic mass is 16.5. The SMILES string of the molecule is COC1(Cc2cnc(CN)o2)CCC1. The van der Waals surface area contributed by atoms with Crippen molar-refractivity contribution in [2.24, 2.45) is 5.73 Å². The second kappa shape index (κ2) is 3.71. The molecule has 0 unspecified atom stereocenters. The van der Waals surface area contributed by atoms with Crippen LogP contribution in [0.15, 0.2) is 10.6 Å². The van der Waals surface area contributed by atoms with Crippen LogP contribution in [-0.4, -0.2) is 17.7 Å². The Kier molecular flexibility index (Phi) is 2.56. The first-order chi connectivity index (χ1) is 6.78. The predicted octanol–water partition coefficient (Wildman–Crippen LogP) is 1.24. The van der Waals surface area contributed by atoms with Crippen molar-refractivity contribution in [3.63, 3.8) is 0 Å². The molecule has 0 aromatic carbocycles. The van der Waals surface area contributed by atoms with Crippen LogP contribution in [0, 0.1) is 0 Å². The van der Waals surface area contributed by atoms with Gasteiger partial charge in [0.2, 0.25) is 5.89 Å². The monoisotopic (exact) mass is 196 g/mol. The topological polar surface area (TPSA) is 61.3 Å². The van der Waals surface area contributed by atoms with Gasteiger partial charge in [0.25, 0.3) is 0 Å². The van der Waals surface area contributed by atoms with E-state index >= 15 is 0 Å². The van der Waals surface area contributed by atoms with Gasteiger partial charge in [-0.2, -0.15) is 0 Å². The molecule has 1 aromatic rings. The van der Waals surface area contributed by atoms with Gasteiger partial charge in [0.1, 0.15) is 5.76 Å². The van der Waals surface area contributed by atoms with Crippen LogP contribution in [0.3, 0.4) is 0 Å². The summed E-state index contributed by atoms with van der Waals surface area (Å²) in [5.41, 5.74) is 5.42. The van der Waals surface area contributed by atoms with Gasteiger partial charge < -0.3 is 14.9 Å². The first kappa shape index (κ1) is 9.68. The van der Waals surface area contributed by atoms with Crippen LogP contribution in [0.2, 0.25) is 0 Å². The molecule has 0 amide bonds. The fourth-order valence-corrected chi connectivity index (χ4v) is 1.87. The molecule has 4 heteroatoms. The second-order valence-corrected chi connectivity index (χ2v) is 3.84. The predicted molar refractivity (Wildman–Crippen MR) is 51.7 cm³/mol. The van der Waals surface area contributed by atoms with Crippen LogP contribution in [0.1, 0.15) is 30.9 Å². The van der Waals surface area contributed by atoms with Crippen molar-refractivity contribution in [1.82, 2.24) is 4.98 Å². The maximum atomic E-state index is 5.50. The highest BCUT2D eigenvalue weighted by molar-refractivity contribution is 5.03. The van der Waals surface area contributed by atoms with E-state index in [0.29, 0.717) is 12.4 Å². The minimum Gasteiger partial charge on any atom is -0.444 e.